The summed E-state index contributed by atoms with van der Waals surface area (Å²) in [5.41, 5.74) is 1.05. The third kappa shape index (κ3) is 5.50. The first-order chi connectivity index (χ1) is 9.99. The van der Waals surface area contributed by atoms with E-state index in [1.165, 1.54) is 6.08 Å². The molecule has 0 aliphatic carbocycles. The Hall–Kier alpha value is -1.36. The van der Waals surface area contributed by atoms with Gasteiger partial charge in [-0.3, -0.25) is 0 Å². The molecule has 1 aromatic rings. The molecule has 0 aliphatic heterocycles. The smallest absolute Gasteiger partial charge is 0.118 e. The quantitative estimate of drug-likeness (QED) is 0.687. The Morgan fingerprint density at radius 2 is 1.81 bits per heavy atom. The summed E-state index contributed by atoms with van der Waals surface area (Å²) in [6.45, 7) is 8.16. The molecule has 118 valence electrons. The number of hydrogen-bond acceptors (Lipinski definition) is 4. The summed E-state index contributed by atoms with van der Waals surface area (Å²) in [7, 11) is 1.63. The standard InChI is InChI=1S/C17H26O4/c1-5-16(18)13(3)17(19)12(2)10-21-11-14-6-8-15(20-4)9-7-14/h5-9,12-13,16-19H,1,10-11H2,2-4H3/t12-,13-,16-,17-/m1/s1. The van der Waals surface area contributed by atoms with Crippen LogP contribution in [-0.2, 0) is 11.3 Å². The third-order valence-electron chi connectivity index (χ3n) is 3.71. The average molecular weight is 294 g/mol. The van der Waals surface area contributed by atoms with E-state index in [4.69, 9.17) is 9.47 Å². The fraction of sp³-hybridized carbons (Fsp3) is 0.529. The second kappa shape index (κ2) is 8.82. The van der Waals surface area contributed by atoms with Crippen LogP contribution in [0, 0.1) is 11.8 Å². The van der Waals surface area contributed by atoms with Gasteiger partial charge in [0, 0.05) is 11.8 Å². The Bertz CT molecular complexity index is 415. The van der Waals surface area contributed by atoms with E-state index < -0.39 is 12.2 Å². The maximum Gasteiger partial charge on any atom is 0.118 e. The van der Waals surface area contributed by atoms with E-state index >= 15 is 0 Å². The molecular weight excluding hydrogens is 268 g/mol. The molecule has 0 aromatic heterocycles. The van der Waals surface area contributed by atoms with E-state index in [-0.39, 0.29) is 11.8 Å². The van der Waals surface area contributed by atoms with E-state index in [0.717, 1.165) is 11.3 Å². The number of benzene rings is 1. The van der Waals surface area contributed by atoms with Crippen LogP contribution in [0.1, 0.15) is 19.4 Å². The molecule has 1 rings (SSSR count). The molecule has 0 bridgehead atoms. The molecule has 21 heavy (non-hydrogen) atoms. The van der Waals surface area contributed by atoms with Crippen LogP contribution in [0.5, 0.6) is 5.75 Å². The molecule has 0 saturated heterocycles. The number of ether oxygens (including phenoxy) is 2. The van der Waals surface area contributed by atoms with Crippen molar-refractivity contribution in [3.05, 3.63) is 42.5 Å². The van der Waals surface area contributed by atoms with Crippen LogP contribution in [0.4, 0.5) is 0 Å². The maximum atomic E-state index is 10.1. The SMILES string of the molecule is C=C[C@@H](O)[C@@H](C)[C@H](O)[C@H](C)COCc1ccc(OC)cc1. The van der Waals surface area contributed by atoms with Gasteiger partial charge in [-0.1, -0.05) is 32.1 Å². The molecule has 0 aliphatic rings. The molecule has 4 heteroatoms. The number of aliphatic hydroxyl groups is 2. The summed E-state index contributed by atoms with van der Waals surface area (Å²) >= 11 is 0. The van der Waals surface area contributed by atoms with Gasteiger partial charge in [0.2, 0.25) is 0 Å². The van der Waals surface area contributed by atoms with Crippen molar-refractivity contribution in [2.45, 2.75) is 32.7 Å². The molecule has 4 atom stereocenters. The van der Waals surface area contributed by atoms with Gasteiger partial charge in [-0.05, 0) is 17.7 Å². The van der Waals surface area contributed by atoms with Crippen LogP contribution in [0.3, 0.4) is 0 Å². The van der Waals surface area contributed by atoms with E-state index in [1.807, 2.05) is 31.2 Å². The molecule has 2 N–H and O–H groups in total. The highest BCUT2D eigenvalue weighted by atomic mass is 16.5. The highest BCUT2D eigenvalue weighted by molar-refractivity contribution is 5.26. The molecule has 0 heterocycles. The predicted molar refractivity (Wildman–Crippen MR) is 83.2 cm³/mol. The molecule has 0 unspecified atom stereocenters. The van der Waals surface area contributed by atoms with Crippen LogP contribution in [0.15, 0.2) is 36.9 Å². The van der Waals surface area contributed by atoms with Crippen LogP contribution < -0.4 is 4.74 Å². The second-order valence-corrected chi connectivity index (χ2v) is 5.42. The van der Waals surface area contributed by atoms with Crippen molar-refractivity contribution in [1.82, 2.24) is 0 Å². The van der Waals surface area contributed by atoms with Crippen LogP contribution in [-0.4, -0.2) is 36.1 Å². The maximum absolute atomic E-state index is 10.1. The van der Waals surface area contributed by atoms with Crippen molar-refractivity contribution < 1.29 is 19.7 Å². The van der Waals surface area contributed by atoms with Crippen molar-refractivity contribution >= 4 is 0 Å². The minimum absolute atomic E-state index is 0.0622. The van der Waals surface area contributed by atoms with Gasteiger partial charge in [-0.2, -0.15) is 0 Å². The van der Waals surface area contributed by atoms with Gasteiger partial charge >= 0.3 is 0 Å². The van der Waals surface area contributed by atoms with Crippen molar-refractivity contribution in [2.24, 2.45) is 11.8 Å². The molecule has 0 spiro atoms. The van der Waals surface area contributed by atoms with Crippen molar-refractivity contribution in [3.63, 3.8) is 0 Å². The van der Waals surface area contributed by atoms with E-state index in [1.54, 1.807) is 14.0 Å². The first kappa shape index (κ1) is 17.7. The zero-order chi connectivity index (χ0) is 15.8. The minimum atomic E-state index is -0.705. The fourth-order valence-corrected chi connectivity index (χ4v) is 2.12. The van der Waals surface area contributed by atoms with Gasteiger partial charge in [0.1, 0.15) is 5.75 Å². The van der Waals surface area contributed by atoms with E-state index in [2.05, 4.69) is 6.58 Å². The van der Waals surface area contributed by atoms with Crippen molar-refractivity contribution in [3.8, 4) is 5.75 Å². The van der Waals surface area contributed by atoms with Crippen LogP contribution in [0.2, 0.25) is 0 Å². The van der Waals surface area contributed by atoms with Crippen molar-refractivity contribution in [1.29, 1.82) is 0 Å². The fourth-order valence-electron chi connectivity index (χ4n) is 2.12. The first-order valence-electron chi connectivity index (χ1n) is 7.19. The molecular formula is C17H26O4. The zero-order valence-corrected chi connectivity index (χ0v) is 13.0. The number of hydrogen-bond donors (Lipinski definition) is 2. The van der Waals surface area contributed by atoms with Crippen molar-refractivity contribution in [2.75, 3.05) is 13.7 Å². The lowest BCUT2D eigenvalue weighted by Gasteiger charge is -2.27. The summed E-state index contributed by atoms with van der Waals surface area (Å²) in [6, 6.07) is 7.67. The number of methoxy groups -OCH3 is 1. The van der Waals surface area contributed by atoms with Gasteiger partial charge in [-0.25, -0.2) is 0 Å². The first-order valence-corrected chi connectivity index (χ1v) is 7.19. The Labute approximate surface area is 127 Å². The van der Waals surface area contributed by atoms with Gasteiger partial charge in [0.05, 0.1) is 32.5 Å². The molecule has 4 nitrogen and oxygen atoms in total. The normalized spacial score (nSPS) is 16.8. The monoisotopic (exact) mass is 294 g/mol. The topological polar surface area (TPSA) is 58.9 Å². The summed E-state index contributed by atoms with van der Waals surface area (Å²) < 4.78 is 10.7. The number of rotatable bonds is 9. The lowest BCUT2D eigenvalue weighted by atomic mass is 9.90. The summed E-state index contributed by atoms with van der Waals surface area (Å²) in [4.78, 5) is 0. The summed E-state index contributed by atoms with van der Waals surface area (Å²) in [5, 5.41) is 19.8. The third-order valence-corrected chi connectivity index (χ3v) is 3.71. The predicted octanol–water partition coefficient (Wildman–Crippen LogP) is 2.39. The summed E-state index contributed by atoms with van der Waals surface area (Å²) in [6.07, 6.45) is 0.108. The highest BCUT2D eigenvalue weighted by Gasteiger charge is 2.25. The molecule has 0 amide bonds. The number of aliphatic hydroxyl groups excluding tert-OH is 2. The molecule has 0 fully saturated rings. The molecule has 1 aromatic carbocycles. The Kier molecular flexibility index (Phi) is 7.43. The Balaban J connectivity index is 2.38. The van der Waals surface area contributed by atoms with Crippen LogP contribution in [0.25, 0.3) is 0 Å². The molecule has 0 saturated carbocycles. The van der Waals surface area contributed by atoms with E-state index in [0.29, 0.717) is 13.2 Å². The average Bonchev–Trinajstić information content (AvgIpc) is 2.53. The van der Waals surface area contributed by atoms with Gasteiger partial charge in [-0.15, -0.1) is 6.58 Å². The van der Waals surface area contributed by atoms with Gasteiger partial charge < -0.3 is 19.7 Å². The van der Waals surface area contributed by atoms with Crippen LogP contribution >= 0.6 is 0 Å². The van der Waals surface area contributed by atoms with Gasteiger partial charge in [0.15, 0.2) is 0 Å². The lowest BCUT2D eigenvalue weighted by molar-refractivity contribution is -0.0229. The Morgan fingerprint density at radius 1 is 1.19 bits per heavy atom. The minimum Gasteiger partial charge on any atom is -0.497 e. The zero-order valence-electron chi connectivity index (χ0n) is 13.0. The highest BCUT2D eigenvalue weighted by Crippen LogP contribution is 2.18. The lowest BCUT2D eigenvalue weighted by Crippen LogP contribution is -2.35. The second-order valence-electron chi connectivity index (χ2n) is 5.42. The van der Waals surface area contributed by atoms with E-state index in [9.17, 15) is 10.2 Å². The summed E-state index contributed by atoms with van der Waals surface area (Å²) in [5.74, 6) is 0.490. The Morgan fingerprint density at radius 3 is 2.33 bits per heavy atom. The molecule has 0 radical (unpaired) electrons. The van der Waals surface area contributed by atoms with Gasteiger partial charge in [0.25, 0.3) is 0 Å². The largest absolute Gasteiger partial charge is 0.497 e.